The minimum absolute atomic E-state index is 0.158. The maximum Gasteiger partial charge on any atom is 0.273 e. The van der Waals surface area contributed by atoms with Gasteiger partial charge in [-0.05, 0) is 12.1 Å². The fourth-order valence-corrected chi connectivity index (χ4v) is 1.76. The molecule has 0 radical (unpaired) electrons. The van der Waals surface area contributed by atoms with Crippen LogP contribution in [0.15, 0.2) is 36.7 Å². The topological polar surface area (TPSA) is 64.1 Å². The molecule has 21 heavy (non-hydrogen) atoms. The highest BCUT2D eigenvalue weighted by Gasteiger charge is 2.20. The molecule has 0 aliphatic rings. The van der Waals surface area contributed by atoms with Crippen LogP contribution in [0.3, 0.4) is 0 Å². The SMILES string of the molecule is COC[C@@H](NC(=O)c1ncc(F)cc1F)c1ccccn1. The third kappa shape index (κ3) is 3.79. The molecule has 0 bridgehead atoms. The summed E-state index contributed by atoms with van der Waals surface area (Å²) in [6, 6.07) is 5.24. The Morgan fingerprint density at radius 1 is 1.38 bits per heavy atom. The molecule has 0 spiro atoms. The van der Waals surface area contributed by atoms with E-state index in [1.165, 1.54) is 7.11 Å². The molecule has 0 aliphatic carbocycles. The van der Waals surface area contributed by atoms with Crippen molar-refractivity contribution >= 4 is 5.91 Å². The standard InChI is InChI=1S/C14H13F2N3O2/c1-21-8-12(11-4-2-3-5-17-11)19-14(20)13-10(16)6-9(15)7-18-13/h2-7,12H,8H2,1H3,(H,19,20)/t12-/m1/s1. The van der Waals surface area contributed by atoms with Crippen molar-refractivity contribution in [2.75, 3.05) is 13.7 Å². The first-order chi connectivity index (χ1) is 10.1. The molecule has 0 fully saturated rings. The second-order valence-corrected chi connectivity index (χ2v) is 4.22. The molecule has 7 heteroatoms. The number of methoxy groups -OCH3 is 1. The highest BCUT2D eigenvalue weighted by Crippen LogP contribution is 2.12. The van der Waals surface area contributed by atoms with E-state index >= 15 is 0 Å². The second-order valence-electron chi connectivity index (χ2n) is 4.22. The van der Waals surface area contributed by atoms with Gasteiger partial charge in [0.2, 0.25) is 0 Å². The number of aromatic nitrogens is 2. The first kappa shape index (κ1) is 15.0. The van der Waals surface area contributed by atoms with Gasteiger partial charge in [-0.15, -0.1) is 0 Å². The molecular formula is C14H13F2N3O2. The zero-order valence-electron chi connectivity index (χ0n) is 11.2. The van der Waals surface area contributed by atoms with Crippen molar-refractivity contribution in [2.45, 2.75) is 6.04 Å². The Kier molecular flexibility index (Phi) is 4.89. The smallest absolute Gasteiger partial charge is 0.273 e. The highest BCUT2D eigenvalue weighted by molar-refractivity contribution is 5.92. The highest BCUT2D eigenvalue weighted by atomic mass is 19.1. The van der Waals surface area contributed by atoms with Crippen LogP contribution in [0, 0.1) is 11.6 Å². The zero-order valence-corrected chi connectivity index (χ0v) is 11.2. The third-order valence-electron chi connectivity index (χ3n) is 2.71. The van der Waals surface area contributed by atoms with Gasteiger partial charge < -0.3 is 10.1 Å². The minimum Gasteiger partial charge on any atom is -0.382 e. The molecule has 1 amide bonds. The molecule has 110 valence electrons. The van der Waals surface area contributed by atoms with E-state index < -0.39 is 29.3 Å². The normalized spacial score (nSPS) is 12.0. The van der Waals surface area contributed by atoms with Gasteiger partial charge in [0.05, 0.1) is 24.5 Å². The first-order valence-corrected chi connectivity index (χ1v) is 6.13. The van der Waals surface area contributed by atoms with Gasteiger partial charge in [-0.3, -0.25) is 9.78 Å². The number of rotatable bonds is 5. The number of carbonyl (C=O) groups is 1. The summed E-state index contributed by atoms with van der Waals surface area (Å²) in [5, 5.41) is 2.56. The molecule has 2 aromatic rings. The Morgan fingerprint density at radius 2 is 2.19 bits per heavy atom. The number of nitrogens with zero attached hydrogens (tertiary/aromatic N) is 2. The molecule has 0 unspecified atom stereocenters. The monoisotopic (exact) mass is 293 g/mol. The van der Waals surface area contributed by atoms with Crippen LogP contribution in [0.2, 0.25) is 0 Å². The Morgan fingerprint density at radius 3 is 2.81 bits per heavy atom. The number of hydrogen-bond acceptors (Lipinski definition) is 4. The summed E-state index contributed by atoms with van der Waals surface area (Å²) in [7, 11) is 1.47. The van der Waals surface area contributed by atoms with E-state index in [1.54, 1.807) is 24.4 Å². The van der Waals surface area contributed by atoms with Crippen LogP contribution in [-0.2, 0) is 4.74 Å². The quantitative estimate of drug-likeness (QED) is 0.914. The predicted molar refractivity (Wildman–Crippen MR) is 70.5 cm³/mol. The number of nitrogens with one attached hydrogen (secondary N) is 1. The maximum atomic E-state index is 13.5. The summed E-state index contributed by atoms with van der Waals surface area (Å²) in [4.78, 5) is 19.6. The van der Waals surface area contributed by atoms with Crippen molar-refractivity contribution < 1.29 is 18.3 Å². The molecule has 1 N–H and O–H groups in total. The first-order valence-electron chi connectivity index (χ1n) is 6.13. The summed E-state index contributed by atoms with van der Waals surface area (Å²) >= 11 is 0. The van der Waals surface area contributed by atoms with Crippen molar-refractivity contribution in [3.63, 3.8) is 0 Å². The lowest BCUT2D eigenvalue weighted by molar-refractivity contribution is 0.0884. The predicted octanol–water partition coefficient (Wildman–Crippen LogP) is 1.87. The molecule has 1 atom stereocenters. The van der Waals surface area contributed by atoms with E-state index in [0.717, 1.165) is 6.20 Å². The van der Waals surface area contributed by atoms with Crippen molar-refractivity contribution in [3.05, 3.63) is 59.7 Å². The van der Waals surface area contributed by atoms with Gasteiger partial charge in [-0.1, -0.05) is 6.07 Å². The van der Waals surface area contributed by atoms with Gasteiger partial charge in [-0.2, -0.15) is 0 Å². The summed E-state index contributed by atoms with van der Waals surface area (Å²) in [5.74, 6) is -2.63. The van der Waals surface area contributed by atoms with E-state index in [-0.39, 0.29) is 6.61 Å². The van der Waals surface area contributed by atoms with Crippen molar-refractivity contribution in [1.29, 1.82) is 0 Å². The second kappa shape index (κ2) is 6.85. The van der Waals surface area contributed by atoms with Crippen molar-refractivity contribution in [1.82, 2.24) is 15.3 Å². The number of halogens is 2. The number of hydrogen-bond donors (Lipinski definition) is 1. The molecule has 0 saturated heterocycles. The van der Waals surface area contributed by atoms with Crippen molar-refractivity contribution in [3.8, 4) is 0 Å². The van der Waals surface area contributed by atoms with Crippen LogP contribution in [0.5, 0.6) is 0 Å². The minimum atomic E-state index is -1.02. The van der Waals surface area contributed by atoms with Gasteiger partial charge in [-0.25, -0.2) is 13.8 Å². The van der Waals surface area contributed by atoms with Crippen LogP contribution in [0.4, 0.5) is 8.78 Å². The van der Waals surface area contributed by atoms with Gasteiger partial charge in [0.15, 0.2) is 11.5 Å². The Hall–Kier alpha value is -2.41. The molecular weight excluding hydrogens is 280 g/mol. The van der Waals surface area contributed by atoms with Gasteiger partial charge in [0.1, 0.15) is 5.82 Å². The molecule has 2 rings (SSSR count). The van der Waals surface area contributed by atoms with E-state index in [4.69, 9.17) is 4.74 Å². The maximum absolute atomic E-state index is 13.5. The fourth-order valence-electron chi connectivity index (χ4n) is 1.76. The van der Waals surface area contributed by atoms with Gasteiger partial charge in [0.25, 0.3) is 5.91 Å². The lowest BCUT2D eigenvalue weighted by Gasteiger charge is -2.17. The molecule has 2 aromatic heterocycles. The third-order valence-corrected chi connectivity index (χ3v) is 2.71. The zero-order chi connectivity index (χ0) is 15.2. The van der Waals surface area contributed by atoms with E-state index in [9.17, 15) is 13.6 Å². The average Bonchev–Trinajstić information content (AvgIpc) is 2.47. The average molecular weight is 293 g/mol. The summed E-state index contributed by atoms with van der Waals surface area (Å²) in [6.07, 6.45) is 2.35. The number of pyridine rings is 2. The van der Waals surface area contributed by atoms with Gasteiger partial charge >= 0.3 is 0 Å². The van der Waals surface area contributed by atoms with Crippen LogP contribution >= 0.6 is 0 Å². The van der Waals surface area contributed by atoms with E-state index in [1.807, 2.05) is 0 Å². The Bertz CT molecular complexity index is 623. The van der Waals surface area contributed by atoms with E-state index in [0.29, 0.717) is 11.8 Å². The van der Waals surface area contributed by atoms with Gasteiger partial charge in [0, 0.05) is 19.4 Å². The molecule has 0 saturated carbocycles. The summed E-state index contributed by atoms with van der Waals surface area (Å²) < 4.78 is 31.3. The molecule has 2 heterocycles. The lowest BCUT2D eigenvalue weighted by atomic mass is 10.2. The lowest BCUT2D eigenvalue weighted by Crippen LogP contribution is -2.33. The Labute approximate surface area is 120 Å². The Balaban J connectivity index is 2.18. The van der Waals surface area contributed by atoms with Crippen LogP contribution in [0.1, 0.15) is 22.2 Å². The molecule has 0 aromatic carbocycles. The molecule has 0 aliphatic heterocycles. The van der Waals surface area contributed by atoms with Crippen LogP contribution < -0.4 is 5.32 Å². The van der Waals surface area contributed by atoms with E-state index in [2.05, 4.69) is 15.3 Å². The molecule has 5 nitrogen and oxygen atoms in total. The van der Waals surface area contributed by atoms with Crippen LogP contribution in [-0.4, -0.2) is 29.6 Å². The van der Waals surface area contributed by atoms with Crippen LogP contribution in [0.25, 0.3) is 0 Å². The largest absolute Gasteiger partial charge is 0.382 e. The summed E-state index contributed by atoms with van der Waals surface area (Å²) in [6.45, 7) is 0.158. The number of carbonyl (C=O) groups excluding carboxylic acids is 1. The number of ether oxygens (including phenoxy) is 1. The van der Waals surface area contributed by atoms with Crippen molar-refractivity contribution in [2.24, 2.45) is 0 Å². The number of amides is 1. The fraction of sp³-hybridized carbons (Fsp3) is 0.214. The summed E-state index contributed by atoms with van der Waals surface area (Å²) in [5.41, 5.74) is 0.0867.